The van der Waals surface area contributed by atoms with Gasteiger partial charge >= 0.3 is 0 Å². The zero-order valence-corrected chi connectivity index (χ0v) is 14.0. The fourth-order valence-electron chi connectivity index (χ4n) is 4.58. The van der Waals surface area contributed by atoms with Crippen LogP contribution in [0.2, 0.25) is 0 Å². The molecule has 1 aromatic heterocycles. The lowest BCUT2D eigenvalue weighted by Gasteiger charge is -2.27. The number of fused-ring (bicyclic) bond motifs is 3. The minimum Gasteiger partial charge on any atom is -0.340 e. The van der Waals surface area contributed by atoms with Gasteiger partial charge in [-0.25, -0.2) is 8.78 Å². The summed E-state index contributed by atoms with van der Waals surface area (Å²) in [5.41, 5.74) is 4.82. The van der Waals surface area contributed by atoms with Crippen molar-refractivity contribution in [2.24, 2.45) is 0 Å². The third-order valence-corrected chi connectivity index (χ3v) is 5.78. The van der Waals surface area contributed by atoms with E-state index in [1.165, 1.54) is 23.4 Å². The molecule has 3 aliphatic rings. The van der Waals surface area contributed by atoms with Crippen LogP contribution in [0.3, 0.4) is 0 Å². The number of aromatic nitrogens is 1. The van der Waals surface area contributed by atoms with E-state index in [9.17, 15) is 8.78 Å². The van der Waals surface area contributed by atoms with Crippen molar-refractivity contribution in [1.29, 1.82) is 0 Å². The molecule has 2 aromatic carbocycles. The second kappa shape index (κ2) is 5.67. The Balaban J connectivity index is 1.71. The van der Waals surface area contributed by atoms with Gasteiger partial charge < -0.3 is 4.57 Å². The molecule has 0 saturated carbocycles. The molecule has 4 heteroatoms. The van der Waals surface area contributed by atoms with Crippen molar-refractivity contribution >= 4 is 10.9 Å². The first kappa shape index (κ1) is 15.1. The predicted molar refractivity (Wildman–Crippen MR) is 94.7 cm³/mol. The normalized spacial score (nSPS) is 22.2. The van der Waals surface area contributed by atoms with E-state index in [4.69, 9.17) is 0 Å². The van der Waals surface area contributed by atoms with Crippen molar-refractivity contribution in [2.45, 2.75) is 31.8 Å². The van der Waals surface area contributed by atoms with E-state index in [1.54, 1.807) is 12.1 Å². The van der Waals surface area contributed by atoms with E-state index in [1.807, 2.05) is 18.2 Å². The molecule has 3 aliphatic heterocycles. The Kier molecular flexibility index (Phi) is 3.42. The zero-order chi connectivity index (χ0) is 17.0. The summed E-state index contributed by atoms with van der Waals surface area (Å²) in [4.78, 5) is 2.48. The number of rotatable bonds is 2. The van der Waals surface area contributed by atoms with Crippen molar-refractivity contribution in [3.05, 3.63) is 70.9 Å². The fourth-order valence-corrected chi connectivity index (χ4v) is 4.58. The number of hydrogen-bond acceptors (Lipinski definition) is 1. The molecule has 0 atom stereocenters. The second-order valence-electron chi connectivity index (χ2n) is 7.29. The van der Waals surface area contributed by atoms with Crippen LogP contribution in [-0.4, -0.2) is 22.6 Å². The van der Waals surface area contributed by atoms with E-state index >= 15 is 0 Å². The van der Waals surface area contributed by atoms with E-state index in [-0.39, 0.29) is 11.6 Å². The topological polar surface area (TPSA) is 8.17 Å². The summed E-state index contributed by atoms with van der Waals surface area (Å²) < 4.78 is 29.5. The summed E-state index contributed by atoms with van der Waals surface area (Å²) in [7, 11) is 0. The lowest BCUT2D eigenvalue weighted by molar-refractivity contribution is 0.219. The molecule has 0 amide bonds. The Morgan fingerprint density at radius 3 is 2.40 bits per heavy atom. The molecule has 0 N–H and O–H groups in total. The molecule has 1 saturated heterocycles. The Bertz CT molecular complexity index is 935. The van der Waals surface area contributed by atoms with Crippen molar-refractivity contribution in [1.82, 2.24) is 9.47 Å². The maximum atomic E-state index is 13.9. The largest absolute Gasteiger partial charge is 0.340 e. The first-order valence-corrected chi connectivity index (χ1v) is 8.96. The maximum absolute atomic E-state index is 13.9. The second-order valence-corrected chi connectivity index (χ2v) is 7.29. The highest BCUT2D eigenvalue weighted by Gasteiger charge is 2.32. The van der Waals surface area contributed by atoms with Gasteiger partial charge in [-0.2, -0.15) is 0 Å². The lowest BCUT2D eigenvalue weighted by Crippen LogP contribution is -2.29. The van der Waals surface area contributed by atoms with Gasteiger partial charge in [-0.05, 0) is 67.4 Å². The van der Waals surface area contributed by atoms with Crippen molar-refractivity contribution in [3.8, 4) is 0 Å². The molecule has 2 bridgehead atoms. The first-order valence-electron chi connectivity index (χ1n) is 8.96. The van der Waals surface area contributed by atoms with Crippen molar-refractivity contribution in [2.75, 3.05) is 13.1 Å². The van der Waals surface area contributed by atoms with E-state index in [2.05, 4.69) is 9.47 Å². The lowest BCUT2D eigenvalue weighted by atomic mass is 9.94. The molecule has 0 unspecified atom stereocenters. The van der Waals surface area contributed by atoms with E-state index in [0.717, 1.165) is 48.9 Å². The number of hydrogen-bond donors (Lipinski definition) is 0. The molecule has 25 heavy (non-hydrogen) atoms. The van der Waals surface area contributed by atoms with Gasteiger partial charge in [0.2, 0.25) is 0 Å². The molecule has 3 aromatic rings. The predicted octanol–water partition coefficient (Wildman–Crippen LogP) is 4.66. The SMILES string of the molecule is Fc1ccc(Cn2c3c(c4cc(F)ccc42)CN2CCC3CC2)cc1. The van der Waals surface area contributed by atoms with Crippen LogP contribution in [0.5, 0.6) is 0 Å². The van der Waals surface area contributed by atoms with Crippen molar-refractivity contribution in [3.63, 3.8) is 0 Å². The minimum atomic E-state index is -0.214. The third kappa shape index (κ3) is 2.47. The third-order valence-electron chi connectivity index (χ3n) is 5.78. The maximum Gasteiger partial charge on any atom is 0.123 e. The minimum absolute atomic E-state index is 0.180. The molecule has 128 valence electrons. The van der Waals surface area contributed by atoms with Crippen LogP contribution in [-0.2, 0) is 13.1 Å². The Hall–Kier alpha value is -2.20. The van der Waals surface area contributed by atoms with Crippen LogP contribution in [0.25, 0.3) is 10.9 Å². The van der Waals surface area contributed by atoms with Gasteiger partial charge in [0.25, 0.3) is 0 Å². The molecule has 0 spiro atoms. The average Bonchev–Trinajstić information content (AvgIpc) is 2.77. The molecule has 0 aliphatic carbocycles. The molecule has 0 radical (unpaired) electrons. The average molecular weight is 338 g/mol. The highest BCUT2D eigenvalue weighted by molar-refractivity contribution is 5.86. The summed E-state index contributed by atoms with van der Waals surface area (Å²) in [6.45, 7) is 3.84. The van der Waals surface area contributed by atoms with Gasteiger partial charge in [-0.3, -0.25) is 4.90 Å². The van der Waals surface area contributed by atoms with Gasteiger partial charge in [-0.1, -0.05) is 12.1 Å². The Labute approximate surface area is 145 Å². The summed E-state index contributed by atoms with van der Waals surface area (Å²) in [5, 5.41) is 1.04. The molecule has 4 heterocycles. The van der Waals surface area contributed by atoms with E-state index < -0.39 is 0 Å². The van der Waals surface area contributed by atoms with Gasteiger partial charge in [-0.15, -0.1) is 0 Å². The monoisotopic (exact) mass is 338 g/mol. The van der Waals surface area contributed by atoms with Gasteiger partial charge in [0.1, 0.15) is 11.6 Å². The Morgan fingerprint density at radius 1 is 0.920 bits per heavy atom. The number of nitrogens with zero attached hydrogens (tertiary/aromatic N) is 2. The molecular formula is C21H20F2N2. The van der Waals surface area contributed by atoms with Crippen LogP contribution in [0.1, 0.15) is 35.6 Å². The van der Waals surface area contributed by atoms with Crippen LogP contribution in [0, 0.1) is 11.6 Å². The summed E-state index contributed by atoms with van der Waals surface area (Å²) >= 11 is 0. The molecule has 1 fully saturated rings. The number of halogens is 2. The summed E-state index contributed by atoms with van der Waals surface area (Å²) in [5.74, 6) is 0.138. The molecular weight excluding hydrogens is 318 g/mol. The highest BCUT2D eigenvalue weighted by Crippen LogP contribution is 2.41. The highest BCUT2D eigenvalue weighted by atomic mass is 19.1. The van der Waals surface area contributed by atoms with Crippen LogP contribution >= 0.6 is 0 Å². The Morgan fingerprint density at radius 2 is 1.64 bits per heavy atom. The number of benzene rings is 2. The fraction of sp³-hybridized carbons (Fsp3) is 0.333. The van der Waals surface area contributed by atoms with E-state index in [0.29, 0.717) is 12.5 Å². The van der Waals surface area contributed by atoms with Gasteiger partial charge in [0, 0.05) is 35.6 Å². The smallest absolute Gasteiger partial charge is 0.123 e. The van der Waals surface area contributed by atoms with Crippen LogP contribution < -0.4 is 0 Å². The quantitative estimate of drug-likeness (QED) is 0.660. The molecule has 2 nitrogen and oxygen atoms in total. The number of piperidine rings is 1. The van der Waals surface area contributed by atoms with Crippen LogP contribution in [0.4, 0.5) is 8.78 Å². The summed E-state index contributed by atoms with van der Waals surface area (Å²) in [6.07, 6.45) is 2.32. The van der Waals surface area contributed by atoms with Gasteiger partial charge in [0.15, 0.2) is 0 Å². The standard InChI is InChI=1S/C21H20F2N2/c22-16-3-1-14(2-4-16)12-25-20-6-5-17(23)11-18(20)19-13-24-9-7-15(8-10-24)21(19)25/h1-6,11,15H,7-10,12-13H2. The molecule has 6 rings (SSSR count). The zero-order valence-electron chi connectivity index (χ0n) is 14.0. The van der Waals surface area contributed by atoms with Crippen LogP contribution in [0.15, 0.2) is 42.5 Å². The van der Waals surface area contributed by atoms with Gasteiger partial charge in [0.05, 0.1) is 0 Å². The summed E-state index contributed by atoms with van der Waals surface area (Å²) in [6, 6.07) is 11.8. The van der Waals surface area contributed by atoms with Crippen molar-refractivity contribution < 1.29 is 8.78 Å². The first-order chi connectivity index (χ1) is 12.2.